The van der Waals surface area contributed by atoms with Crippen LogP contribution in [0.5, 0.6) is 0 Å². The Hall–Kier alpha value is -0.350. The number of rotatable bonds is 3. The van der Waals surface area contributed by atoms with Gasteiger partial charge in [-0.25, -0.2) is 0 Å². The SMILES string of the molecule is CC(C)c1cc(C(C)C)pc(C(C)C)c1. The number of hydrogen-bond acceptors (Lipinski definition) is 0. The van der Waals surface area contributed by atoms with E-state index >= 15 is 0 Å². The summed E-state index contributed by atoms with van der Waals surface area (Å²) in [5.74, 6) is 1.98. The quantitative estimate of drug-likeness (QED) is 0.621. The lowest BCUT2D eigenvalue weighted by atomic mass is 10.0. The average molecular weight is 222 g/mol. The van der Waals surface area contributed by atoms with Crippen LogP contribution in [0.2, 0.25) is 0 Å². The second-order valence-electron chi connectivity index (χ2n) is 5.21. The zero-order valence-electron chi connectivity index (χ0n) is 10.8. The van der Waals surface area contributed by atoms with Crippen molar-refractivity contribution in [3.8, 4) is 0 Å². The molecule has 0 N–H and O–H groups in total. The van der Waals surface area contributed by atoms with Crippen molar-refractivity contribution in [2.45, 2.75) is 59.3 Å². The minimum absolute atomic E-state index is 0.642. The molecule has 0 aromatic carbocycles. The van der Waals surface area contributed by atoms with E-state index in [-0.39, 0.29) is 0 Å². The number of hydrogen-bond donors (Lipinski definition) is 0. The molecule has 1 heterocycles. The summed E-state index contributed by atoms with van der Waals surface area (Å²) in [5.41, 5.74) is 1.50. The van der Waals surface area contributed by atoms with Gasteiger partial charge < -0.3 is 0 Å². The summed E-state index contributed by atoms with van der Waals surface area (Å²) in [6.07, 6.45) is 0. The third kappa shape index (κ3) is 3.31. The summed E-state index contributed by atoms with van der Waals surface area (Å²) in [7, 11) is 1.45. The second kappa shape index (κ2) is 5.12. The molecule has 0 saturated heterocycles. The summed E-state index contributed by atoms with van der Waals surface area (Å²) < 4.78 is 0. The minimum atomic E-state index is 0.642. The van der Waals surface area contributed by atoms with Crippen molar-refractivity contribution in [2.24, 2.45) is 0 Å². The van der Waals surface area contributed by atoms with Crippen LogP contribution in [0, 0.1) is 0 Å². The van der Waals surface area contributed by atoms with Gasteiger partial charge in [-0.1, -0.05) is 61.9 Å². The van der Waals surface area contributed by atoms with E-state index in [1.807, 2.05) is 0 Å². The van der Waals surface area contributed by atoms with Crippen LogP contribution in [0.15, 0.2) is 12.1 Å². The molecule has 84 valence electrons. The Bertz CT molecular complexity index is 259. The van der Waals surface area contributed by atoms with Gasteiger partial charge in [-0.2, -0.15) is 0 Å². The van der Waals surface area contributed by atoms with Gasteiger partial charge >= 0.3 is 0 Å². The Kier molecular flexibility index (Phi) is 4.34. The maximum Gasteiger partial charge on any atom is -0.0175 e. The molecule has 1 rings (SSSR count). The van der Waals surface area contributed by atoms with Crippen LogP contribution in [0.3, 0.4) is 0 Å². The molecule has 0 aliphatic heterocycles. The Labute approximate surface area is 96.2 Å². The molecule has 0 spiro atoms. The highest BCUT2D eigenvalue weighted by atomic mass is 31.0. The summed E-state index contributed by atoms with van der Waals surface area (Å²) in [5, 5.41) is 3.15. The first-order valence-corrected chi connectivity index (χ1v) is 6.83. The molecular weight excluding hydrogens is 199 g/mol. The maximum absolute atomic E-state index is 2.41. The van der Waals surface area contributed by atoms with Gasteiger partial charge in [0.1, 0.15) is 0 Å². The van der Waals surface area contributed by atoms with Crippen LogP contribution in [0.4, 0.5) is 0 Å². The molecule has 0 amide bonds. The normalized spacial score (nSPS) is 11.8. The van der Waals surface area contributed by atoms with Gasteiger partial charge in [0.05, 0.1) is 0 Å². The Balaban J connectivity index is 3.20. The van der Waals surface area contributed by atoms with Gasteiger partial charge in [0, 0.05) is 0 Å². The van der Waals surface area contributed by atoms with Crippen LogP contribution < -0.4 is 0 Å². The summed E-state index contributed by atoms with van der Waals surface area (Å²) in [6.45, 7) is 13.7. The van der Waals surface area contributed by atoms with E-state index in [1.54, 1.807) is 10.6 Å². The molecule has 0 aliphatic rings. The van der Waals surface area contributed by atoms with Crippen LogP contribution >= 0.6 is 8.19 Å². The topological polar surface area (TPSA) is 0 Å². The van der Waals surface area contributed by atoms with Gasteiger partial charge in [-0.05, 0) is 33.9 Å². The Morgan fingerprint density at radius 1 is 0.733 bits per heavy atom. The lowest BCUT2D eigenvalue weighted by Gasteiger charge is -2.15. The van der Waals surface area contributed by atoms with Crippen molar-refractivity contribution >= 4 is 8.19 Å². The van der Waals surface area contributed by atoms with E-state index in [1.165, 1.54) is 13.8 Å². The molecule has 1 aromatic heterocycles. The fourth-order valence-corrected chi connectivity index (χ4v) is 2.76. The first kappa shape index (κ1) is 12.7. The van der Waals surface area contributed by atoms with Crippen molar-refractivity contribution < 1.29 is 0 Å². The molecule has 0 unspecified atom stereocenters. The fraction of sp³-hybridized carbons (Fsp3) is 0.643. The zero-order chi connectivity index (χ0) is 11.6. The first-order chi connectivity index (χ1) is 6.91. The van der Waals surface area contributed by atoms with Crippen LogP contribution in [0.1, 0.15) is 75.5 Å². The maximum atomic E-state index is 2.41. The molecule has 0 saturated carbocycles. The fourth-order valence-electron chi connectivity index (χ4n) is 1.52. The molecule has 0 atom stereocenters. The van der Waals surface area contributed by atoms with E-state index in [9.17, 15) is 0 Å². The molecule has 0 radical (unpaired) electrons. The molecule has 0 aliphatic carbocycles. The molecule has 0 nitrogen and oxygen atoms in total. The molecule has 15 heavy (non-hydrogen) atoms. The smallest absolute Gasteiger partial charge is 0.0175 e. The van der Waals surface area contributed by atoms with Crippen molar-refractivity contribution in [1.29, 1.82) is 0 Å². The summed E-state index contributed by atoms with van der Waals surface area (Å²) >= 11 is 0. The molecule has 0 bridgehead atoms. The van der Waals surface area contributed by atoms with E-state index < -0.39 is 0 Å². The molecule has 1 heteroatoms. The largest absolute Gasteiger partial charge is 0.0688 e. The predicted octanol–water partition coefficient (Wildman–Crippen LogP) is 5.64. The first-order valence-electron chi connectivity index (χ1n) is 5.93. The van der Waals surface area contributed by atoms with Crippen molar-refractivity contribution in [3.63, 3.8) is 0 Å². The second-order valence-corrected chi connectivity index (χ2v) is 6.47. The van der Waals surface area contributed by atoms with Crippen LogP contribution in [-0.2, 0) is 0 Å². The third-order valence-corrected chi connectivity index (χ3v) is 4.54. The predicted molar refractivity (Wildman–Crippen MR) is 71.2 cm³/mol. The monoisotopic (exact) mass is 222 g/mol. The summed E-state index contributed by atoms with van der Waals surface area (Å²) in [4.78, 5) is 0. The Morgan fingerprint density at radius 2 is 1.13 bits per heavy atom. The third-order valence-electron chi connectivity index (χ3n) is 2.74. The molecule has 1 aromatic rings. The molecule has 0 fully saturated rings. The van der Waals surface area contributed by atoms with Crippen LogP contribution in [-0.4, -0.2) is 0 Å². The van der Waals surface area contributed by atoms with E-state index in [0.29, 0.717) is 17.8 Å². The van der Waals surface area contributed by atoms with Crippen molar-refractivity contribution in [2.75, 3.05) is 0 Å². The van der Waals surface area contributed by atoms with Crippen molar-refractivity contribution in [3.05, 3.63) is 28.3 Å². The highest BCUT2D eigenvalue weighted by Crippen LogP contribution is 2.35. The van der Waals surface area contributed by atoms with Gasteiger partial charge in [0.2, 0.25) is 0 Å². The minimum Gasteiger partial charge on any atom is -0.0688 e. The van der Waals surface area contributed by atoms with E-state index in [2.05, 4.69) is 53.7 Å². The lowest BCUT2D eigenvalue weighted by molar-refractivity contribution is 0.831. The Morgan fingerprint density at radius 3 is 1.40 bits per heavy atom. The van der Waals surface area contributed by atoms with Gasteiger partial charge in [-0.15, -0.1) is 0 Å². The van der Waals surface area contributed by atoms with Gasteiger partial charge in [0.15, 0.2) is 0 Å². The molecular formula is C14H23P. The lowest BCUT2D eigenvalue weighted by Crippen LogP contribution is -1.94. The highest BCUT2D eigenvalue weighted by Gasteiger charge is 2.09. The standard InChI is InChI=1S/C14H23P/c1-9(2)12-7-13(10(3)4)15-14(8-12)11(5)6/h7-11H,1-6H3. The van der Waals surface area contributed by atoms with E-state index in [4.69, 9.17) is 0 Å². The van der Waals surface area contributed by atoms with Gasteiger partial charge in [0.25, 0.3) is 0 Å². The summed E-state index contributed by atoms with van der Waals surface area (Å²) in [6, 6.07) is 4.81. The average Bonchev–Trinajstić information content (AvgIpc) is 2.16. The zero-order valence-corrected chi connectivity index (χ0v) is 11.7. The van der Waals surface area contributed by atoms with Gasteiger partial charge in [-0.3, -0.25) is 0 Å². The van der Waals surface area contributed by atoms with E-state index in [0.717, 1.165) is 0 Å². The highest BCUT2D eigenvalue weighted by molar-refractivity contribution is 7.31. The van der Waals surface area contributed by atoms with Crippen LogP contribution in [0.25, 0.3) is 0 Å². The van der Waals surface area contributed by atoms with Crippen molar-refractivity contribution in [1.82, 2.24) is 0 Å².